The van der Waals surface area contributed by atoms with E-state index in [0.29, 0.717) is 12.4 Å². The minimum absolute atomic E-state index is 0.184. The summed E-state index contributed by atoms with van der Waals surface area (Å²) >= 11 is 0. The fourth-order valence-electron chi connectivity index (χ4n) is 2.67. The molecule has 2 heterocycles. The minimum Gasteiger partial charge on any atom is -0.478 e. The largest absolute Gasteiger partial charge is 0.478 e. The highest BCUT2D eigenvalue weighted by Gasteiger charge is 2.24. The number of aromatic carboxylic acids is 1. The lowest BCUT2D eigenvalue weighted by Gasteiger charge is -2.35. The van der Waals surface area contributed by atoms with Crippen LogP contribution < -0.4 is 10.2 Å². The number of hydrogen-bond acceptors (Lipinski definition) is 4. The fraction of sp³-hybridized carbons (Fsp3) is 0.250. The van der Waals surface area contributed by atoms with Crippen molar-refractivity contribution in [2.24, 2.45) is 0 Å². The Bertz CT molecular complexity index is 630. The zero-order valence-corrected chi connectivity index (χ0v) is 11.6. The molecule has 1 saturated heterocycles. The molecule has 0 saturated carbocycles. The summed E-state index contributed by atoms with van der Waals surface area (Å²) < 4.78 is 0. The summed E-state index contributed by atoms with van der Waals surface area (Å²) in [5.74, 6) is -0.389. The Balaban J connectivity index is 1.85. The van der Waals surface area contributed by atoms with Crippen LogP contribution in [-0.2, 0) is 0 Å². The van der Waals surface area contributed by atoms with E-state index in [4.69, 9.17) is 0 Å². The summed E-state index contributed by atoms with van der Waals surface area (Å²) in [4.78, 5) is 17.6. The van der Waals surface area contributed by atoms with E-state index in [-0.39, 0.29) is 11.6 Å². The number of benzene rings is 1. The molecule has 2 aromatic rings. The molecule has 1 aromatic heterocycles. The smallest absolute Gasteiger partial charge is 0.339 e. The monoisotopic (exact) mass is 283 g/mol. The lowest BCUT2D eigenvalue weighted by Crippen LogP contribution is -2.46. The molecule has 1 aliphatic rings. The number of anilines is 1. The summed E-state index contributed by atoms with van der Waals surface area (Å²) in [6.07, 6.45) is 1.64. The van der Waals surface area contributed by atoms with Gasteiger partial charge in [0.15, 0.2) is 0 Å². The third-order valence-corrected chi connectivity index (χ3v) is 3.69. The van der Waals surface area contributed by atoms with Crippen molar-refractivity contribution in [3.05, 3.63) is 59.8 Å². The zero-order chi connectivity index (χ0) is 14.7. The number of aromatic nitrogens is 1. The molecule has 21 heavy (non-hydrogen) atoms. The maximum absolute atomic E-state index is 11.3. The normalized spacial score (nSPS) is 18.5. The van der Waals surface area contributed by atoms with Gasteiger partial charge < -0.3 is 15.3 Å². The van der Waals surface area contributed by atoms with Gasteiger partial charge in [0.05, 0.1) is 0 Å². The Morgan fingerprint density at radius 1 is 1.24 bits per heavy atom. The molecule has 0 amide bonds. The molecule has 5 nitrogen and oxygen atoms in total. The van der Waals surface area contributed by atoms with Crippen molar-refractivity contribution in [3.63, 3.8) is 0 Å². The van der Waals surface area contributed by atoms with E-state index in [1.165, 1.54) is 5.56 Å². The van der Waals surface area contributed by atoms with Gasteiger partial charge in [0.1, 0.15) is 11.4 Å². The maximum Gasteiger partial charge on any atom is 0.339 e. The van der Waals surface area contributed by atoms with Gasteiger partial charge in [-0.15, -0.1) is 0 Å². The van der Waals surface area contributed by atoms with E-state index in [2.05, 4.69) is 22.4 Å². The number of piperazine rings is 1. The number of nitrogens with zero attached hydrogens (tertiary/aromatic N) is 2. The van der Waals surface area contributed by atoms with Crippen LogP contribution in [0.5, 0.6) is 0 Å². The molecule has 0 bridgehead atoms. The molecule has 1 unspecified atom stereocenters. The van der Waals surface area contributed by atoms with Crippen LogP contribution >= 0.6 is 0 Å². The first-order valence-corrected chi connectivity index (χ1v) is 6.97. The van der Waals surface area contributed by atoms with Crippen molar-refractivity contribution in [2.75, 3.05) is 24.5 Å². The second kappa shape index (κ2) is 5.93. The first kappa shape index (κ1) is 13.6. The van der Waals surface area contributed by atoms with Crippen molar-refractivity contribution < 1.29 is 9.90 Å². The van der Waals surface area contributed by atoms with E-state index in [0.717, 1.165) is 13.1 Å². The molecule has 5 heteroatoms. The van der Waals surface area contributed by atoms with E-state index in [1.54, 1.807) is 18.3 Å². The topological polar surface area (TPSA) is 65.5 Å². The van der Waals surface area contributed by atoms with Crippen LogP contribution in [-0.4, -0.2) is 35.7 Å². The highest BCUT2D eigenvalue weighted by Crippen LogP contribution is 2.23. The molecule has 1 fully saturated rings. The number of carboxylic acids is 1. The van der Waals surface area contributed by atoms with E-state index in [9.17, 15) is 9.90 Å². The number of carbonyl (C=O) groups is 1. The first-order chi connectivity index (χ1) is 10.3. The number of pyridine rings is 1. The maximum atomic E-state index is 11.3. The average Bonchev–Trinajstić information content (AvgIpc) is 2.56. The standard InChI is InChI=1S/C16H17N3O2/c20-16(21)13-7-4-8-18-15(13)19-10-9-17-14(11-19)12-5-2-1-3-6-12/h1-8,14,17H,9-11H2,(H,20,21). The van der Waals surface area contributed by atoms with Crippen molar-refractivity contribution in [3.8, 4) is 0 Å². The van der Waals surface area contributed by atoms with Crippen molar-refractivity contribution >= 4 is 11.8 Å². The van der Waals surface area contributed by atoms with Crippen LogP contribution in [0.2, 0.25) is 0 Å². The van der Waals surface area contributed by atoms with Crippen molar-refractivity contribution in [1.82, 2.24) is 10.3 Å². The summed E-state index contributed by atoms with van der Waals surface area (Å²) in [6, 6.07) is 13.6. The summed E-state index contributed by atoms with van der Waals surface area (Å²) in [5.41, 5.74) is 1.46. The predicted octanol–water partition coefficient (Wildman–Crippen LogP) is 1.93. The number of nitrogens with one attached hydrogen (secondary N) is 1. The molecule has 2 N–H and O–H groups in total. The van der Waals surface area contributed by atoms with Crippen LogP contribution in [0.4, 0.5) is 5.82 Å². The van der Waals surface area contributed by atoms with E-state index < -0.39 is 5.97 Å². The molecule has 1 aromatic carbocycles. The molecule has 0 spiro atoms. The van der Waals surface area contributed by atoms with E-state index in [1.807, 2.05) is 23.1 Å². The van der Waals surface area contributed by atoms with Gasteiger partial charge in [-0.1, -0.05) is 30.3 Å². The third-order valence-electron chi connectivity index (χ3n) is 3.69. The Morgan fingerprint density at radius 3 is 2.81 bits per heavy atom. The lowest BCUT2D eigenvalue weighted by molar-refractivity contribution is 0.0697. The molecule has 108 valence electrons. The molecule has 0 radical (unpaired) electrons. The van der Waals surface area contributed by atoms with Crippen LogP contribution in [0.25, 0.3) is 0 Å². The Kier molecular flexibility index (Phi) is 3.83. The van der Waals surface area contributed by atoms with Gasteiger partial charge in [0.2, 0.25) is 0 Å². The average molecular weight is 283 g/mol. The molecule has 0 aliphatic carbocycles. The quantitative estimate of drug-likeness (QED) is 0.901. The van der Waals surface area contributed by atoms with Gasteiger partial charge in [-0.3, -0.25) is 0 Å². The van der Waals surface area contributed by atoms with Gasteiger partial charge in [0.25, 0.3) is 0 Å². The minimum atomic E-state index is -0.937. The number of carboxylic acid groups (broad SMARTS) is 1. The molecular formula is C16H17N3O2. The van der Waals surface area contributed by atoms with Gasteiger partial charge in [-0.05, 0) is 17.7 Å². The van der Waals surface area contributed by atoms with Crippen LogP contribution in [0, 0.1) is 0 Å². The molecular weight excluding hydrogens is 266 g/mol. The zero-order valence-electron chi connectivity index (χ0n) is 11.6. The summed E-state index contributed by atoms with van der Waals surface area (Å²) in [5, 5.41) is 12.8. The third kappa shape index (κ3) is 2.87. The summed E-state index contributed by atoms with van der Waals surface area (Å²) in [6.45, 7) is 2.26. The molecule has 1 atom stereocenters. The van der Waals surface area contributed by atoms with Gasteiger partial charge in [-0.25, -0.2) is 9.78 Å². The summed E-state index contributed by atoms with van der Waals surface area (Å²) in [7, 11) is 0. The van der Waals surface area contributed by atoms with E-state index >= 15 is 0 Å². The first-order valence-electron chi connectivity index (χ1n) is 6.97. The highest BCUT2D eigenvalue weighted by atomic mass is 16.4. The van der Waals surface area contributed by atoms with Crippen molar-refractivity contribution in [1.29, 1.82) is 0 Å². The highest BCUT2D eigenvalue weighted by molar-refractivity contribution is 5.93. The van der Waals surface area contributed by atoms with Gasteiger partial charge >= 0.3 is 5.97 Å². The molecule has 3 rings (SSSR count). The van der Waals surface area contributed by atoms with Crippen LogP contribution in [0.15, 0.2) is 48.7 Å². The SMILES string of the molecule is O=C(O)c1cccnc1N1CCNC(c2ccccc2)C1. The van der Waals surface area contributed by atoms with Crippen LogP contribution in [0.1, 0.15) is 22.0 Å². The van der Waals surface area contributed by atoms with Crippen LogP contribution in [0.3, 0.4) is 0 Å². The van der Waals surface area contributed by atoms with Crippen molar-refractivity contribution in [2.45, 2.75) is 6.04 Å². The Labute approximate surface area is 123 Å². The lowest BCUT2D eigenvalue weighted by atomic mass is 10.0. The fourth-order valence-corrected chi connectivity index (χ4v) is 2.67. The second-order valence-corrected chi connectivity index (χ2v) is 5.04. The predicted molar refractivity (Wildman–Crippen MR) is 80.6 cm³/mol. The Hall–Kier alpha value is -2.40. The molecule has 1 aliphatic heterocycles. The number of rotatable bonds is 3. The second-order valence-electron chi connectivity index (χ2n) is 5.04. The Morgan fingerprint density at radius 2 is 2.05 bits per heavy atom. The number of hydrogen-bond donors (Lipinski definition) is 2. The van der Waals surface area contributed by atoms with Gasteiger partial charge in [-0.2, -0.15) is 0 Å². The van der Waals surface area contributed by atoms with Gasteiger partial charge in [0, 0.05) is 31.9 Å².